The summed E-state index contributed by atoms with van der Waals surface area (Å²) in [5, 5.41) is 12.1. The molecule has 1 aromatic heterocycles. The molecular weight excluding hydrogens is 398 g/mol. The van der Waals surface area contributed by atoms with Crippen LogP contribution < -0.4 is 10.2 Å². The minimum absolute atomic E-state index is 0.0211. The highest BCUT2D eigenvalue weighted by molar-refractivity contribution is 5.79. The Balaban J connectivity index is 1.28. The van der Waals surface area contributed by atoms with Gasteiger partial charge in [-0.05, 0) is 55.2 Å². The first-order valence-corrected chi connectivity index (χ1v) is 11.2. The van der Waals surface area contributed by atoms with Crippen molar-refractivity contribution in [3.05, 3.63) is 83.4 Å². The average molecular weight is 428 g/mol. The van der Waals surface area contributed by atoms with E-state index >= 15 is 0 Å². The van der Waals surface area contributed by atoms with Crippen molar-refractivity contribution in [1.29, 1.82) is 5.26 Å². The van der Waals surface area contributed by atoms with Crippen molar-refractivity contribution >= 4 is 11.6 Å². The fourth-order valence-electron chi connectivity index (χ4n) is 4.29. The maximum absolute atomic E-state index is 12.8. The molecule has 164 valence electrons. The fraction of sp³-hybridized carbons (Fsp3) is 0.346. The quantitative estimate of drug-likeness (QED) is 0.624. The molecule has 4 rings (SSSR count). The zero-order chi connectivity index (χ0) is 22.3. The van der Waals surface area contributed by atoms with E-state index in [2.05, 4.69) is 57.0 Å². The zero-order valence-corrected chi connectivity index (χ0v) is 18.5. The molecule has 6 nitrogen and oxygen atoms in total. The number of nitrogens with zero attached hydrogens (tertiary/aromatic N) is 4. The van der Waals surface area contributed by atoms with Gasteiger partial charge in [-0.1, -0.05) is 24.3 Å². The molecule has 0 spiro atoms. The van der Waals surface area contributed by atoms with Crippen LogP contribution in [0.15, 0.2) is 61.1 Å². The average Bonchev–Trinajstić information content (AvgIpc) is 3.26. The SMILES string of the molecule is Cc1cccc(N2CCCC(C(=O)NCCc3cncn3Cc3ccc(C#N)cc3)C2)c1. The van der Waals surface area contributed by atoms with Crippen LogP contribution in [0.25, 0.3) is 0 Å². The van der Waals surface area contributed by atoms with Crippen molar-refractivity contribution in [2.45, 2.75) is 32.7 Å². The second kappa shape index (κ2) is 10.1. The van der Waals surface area contributed by atoms with E-state index in [-0.39, 0.29) is 11.8 Å². The first kappa shape index (κ1) is 21.6. The van der Waals surface area contributed by atoms with Gasteiger partial charge in [0.15, 0.2) is 0 Å². The Labute approximate surface area is 189 Å². The number of nitriles is 1. The van der Waals surface area contributed by atoms with E-state index in [1.54, 1.807) is 0 Å². The Bertz CT molecular complexity index is 1100. The largest absolute Gasteiger partial charge is 0.371 e. The molecule has 6 heteroatoms. The molecule has 1 aliphatic heterocycles. The summed E-state index contributed by atoms with van der Waals surface area (Å²) in [5.41, 5.74) is 5.30. The van der Waals surface area contributed by atoms with Crippen LogP contribution in [0.3, 0.4) is 0 Å². The highest BCUT2D eigenvalue weighted by Gasteiger charge is 2.25. The van der Waals surface area contributed by atoms with Gasteiger partial charge in [-0.3, -0.25) is 4.79 Å². The van der Waals surface area contributed by atoms with Crippen LogP contribution in [0.1, 0.15) is 35.2 Å². The Morgan fingerprint density at radius 2 is 2.09 bits per heavy atom. The topological polar surface area (TPSA) is 74.0 Å². The van der Waals surface area contributed by atoms with Gasteiger partial charge in [-0.15, -0.1) is 0 Å². The van der Waals surface area contributed by atoms with Crippen LogP contribution in [0, 0.1) is 24.2 Å². The van der Waals surface area contributed by atoms with Gasteiger partial charge in [0.1, 0.15) is 0 Å². The summed E-state index contributed by atoms with van der Waals surface area (Å²) in [6, 6.07) is 18.2. The summed E-state index contributed by atoms with van der Waals surface area (Å²) in [6.45, 7) is 5.17. The van der Waals surface area contributed by atoms with Gasteiger partial charge in [0.25, 0.3) is 0 Å². The van der Waals surface area contributed by atoms with Gasteiger partial charge in [-0.2, -0.15) is 5.26 Å². The number of piperidine rings is 1. The molecule has 1 unspecified atom stereocenters. The van der Waals surface area contributed by atoms with Gasteiger partial charge in [0.05, 0.1) is 23.9 Å². The minimum atomic E-state index is 0.0211. The lowest BCUT2D eigenvalue weighted by molar-refractivity contribution is -0.125. The van der Waals surface area contributed by atoms with Crippen LogP contribution in [0.4, 0.5) is 5.69 Å². The summed E-state index contributed by atoms with van der Waals surface area (Å²) in [4.78, 5) is 19.4. The van der Waals surface area contributed by atoms with Crippen LogP contribution in [0.5, 0.6) is 0 Å². The number of hydrogen-bond acceptors (Lipinski definition) is 4. The molecule has 1 N–H and O–H groups in total. The number of benzene rings is 2. The summed E-state index contributed by atoms with van der Waals surface area (Å²) >= 11 is 0. The molecule has 32 heavy (non-hydrogen) atoms. The smallest absolute Gasteiger partial charge is 0.224 e. The molecule has 3 aromatic rings. The molecule has 1 aliphatic rings. The third-order valence-electron chi connectivity index (χ3n) is 6.07. The van der Waals surface area contributed by atoms with Crippen molar-refractivity contribution < 1.29 is 4.79 Å². The van der Waals surface area contributed by atoms with E-state index in [4.69, 9.17) is 5.26 Å². The first-order chi connectivity index (χ1) is 15.6. The van der Waals surface area contributed by atoms with Crippen molar-refractivity contribution in [2.24, 2.45) is 5.92 Å². The lowest BCUT2D eigenvalue weighted by Crippen LogP contribution is -2.43. The number of carbonyl (C=O) groups excluding carboxylic acids is 1. The number of aryl methyl sites for hydroxylation is 1. The third-order valence-corrected chi connectivity index (χ3v) is 6.07. The van der Waals surface area contributed by atoms with Crippen molar-refractivity contribution in [3.8, 4) is 6.07 Å². The highest BCUT2D eigenvalue weighted by Crippen LogP contribution is 2.24. The number of hydrogen-bond donors (Lipinski definition) is 1. The van der Waals surface area contributed by atoms with Crippen molar-refractivity contribution in [2.75, 3.05) is 24.5 Å². The summed E-state index contributed by atoms with van der Waals surface area (Å²) in [5.74, 6) is 0.160. The van der Waals surface area contributed by atoms with Crippen LogP contribution >= 0.6 is 0 Å². The van der Waals surface area contributed by atoms with Crippen molar-refractivity contribution in [1.82, 2.24) is 14.9 Å². The summed E-state index contributed by atoms with van der Waals surface area (Å²) < 4.78 is 2.09. The van der Waals surface area contributed by atoms with E-state index in [1.165, 1.54) is 11.3 Å². The molecule has 0 radical (unpaired) electrons. The van der Waals surface area contributed by atoms with Crippen LogP contribution in [-0.2, 0) is 17.8 Å². The molecular formula is C26H29N5O. The van der Waals surface area contributed by atoms with Gasteiger partial charge in [0.2, 0.25) is 5.91 Å². The van der Waals surface area contributed by atoms with Crippen molar-refractivity contribution in [3.63, 3.8) is 0 Å². The first-order valence-electron chi connectivity index (χ1n) is 11.2. The number of aromatic nitrogens is 2. The van der Waals surface area contributed by atoms with E-state index in [0.717, 1.165) is 43.6 Å². The lowest BCUT2D eigenvalue weighted by Gasteiger charge is -2.34. The second-order valence-corrected chi connectivity index (χ2v) is 8.49. The maximum atomic E-state index is 12.8. The lowest BCUT2D eigenvalue weighted by atomic mass is 9.96. The highest BCUT2D eigenvalue weighted by atomic mass is 16.1. The zero-order valence-electron chi connectivity index (χ0n) is 18.5. The van der Waals surface area contributed by atoms with Gasteiger partial charge < -0.3 is 14.8 Å². The van der Waals surface area contributed by atoms with E-state index in [9.17, 15) is 4.79 Å². The molecule has 1 atom stereocenters. The van der Waals surface area contributed by atoms with E-state index in [0.29, 0.717) is 18.7 Å². The monoisotopic (exact) mass is 427 g/mol. The number of rotatable bonds is 7. The molecule has 2 heterocycles. The Kier molecular flexibility index (Phi) is 6.86. The molecule has 0 bridgehead atoms. The number of imidazole rings is 1. The predicted octanol–water partition coefficient (Wildman–Crippen LogP) is 3.69. The van der Waals surface area contributed by atoms with Gasteiger partial charge >= 0.3 is 0 Å². The third kappa shape index (κ3) is 5.36. The molecule has 1 saturated heterocycles. The Hall–Kier alpha value is -3.59. The number of carbonyl (C=O) groups is 1. The standard InChI is InChI=1S/C26H29N5O/c1-20-4-2-6-24(14-20)30-13-3-5-23(18-30)26(32)29-12-11-25-16-28-19-31(25)17-22-9-7-21(15-27)8-10-22/h2,4,6-10,14,16,19,23H,3,5,11-13,17-18H2,1H3,(H,29,32). The predicted molar refractivity (Wildman–Crippen MR) is 125 cm³/mol. The summed E-state index contributed by atoms with van der Waals surface area (Å²) in [6.07, 6.45) is 6.37. The normalized spacial score (nSPS) is 15.9. The minimum Gasteiger partial charge on any atom is -0.371 e. The second-order valence-electron chi connectivity index (χ2n) is 8.49. The van der Waals surface area contributed by atoms with Crippen LogP contribution in [0.2, 0.25) is 0 Å². The van der Waals surface area contributed by atoms with E-state index in [1.807, 2.05) is 36.8 Å². The molecule has 1 amide bonds. The maximum Gasteiger partial charge on any atom is 0.224 e. The fourth-order valence-corrected chi connectivity index (χ4v) is 4.29. The Morgan fingerprint density at radius 1 is 1.25 bits per heavy atom. The van der Waals surface area contributed by atoms with Gasteiger partial charge in [0, 0.05) is 50.2 Å². The number of nitrogens with one attached hydrogen (secondary N) is 1. The summed E-state index contributed by atoms with van der Waals surface area (Å²) in [7, 11) is 0. The molecule has 2 aromatic carbocycles. The number of amides is 1. The molecule has 0 saturated carbocycles. The van der Waals surface area contributed by atoms with Crippen LogP contribution in [-0.4, -0.2) is 35.1 Å². The number of anilines is 1. The van der Waals surface area contributed by atoms with Gasteiger partial charge in [-0.25, -0.2) is 4.98 Å². The molecule has 1 fully saturated rings. The Morgan fingerprint density at radius 3 is 2.88 bits per heavy atom. The van der Waals surface area contributed by atoms with E-state index < -0.39 is 0 Å². The molecule has 0 aliphatic carbocycles.